The number of hydrogen-bond donors (Lipinski definition) is 1. The SMILES string of the molecule is Cc1ccc(CNC(=O)C2CCN(S(=O)(=O)c3cc(Cl)cc(Cl)c3)CC2)cc1. The van der Waals surface area contributed by atoms with Crippen molar-refractivity contribution in [2.75, 3.05) is 13.1 Å². The average molecular weight is 441 g/mol. The van der Waals surface area contributed by atoms with Gasteiger partial charge >= 0.3 is 0 Å². The monoisotopic (exact) mass is 440 g/mol. The number of halogens is 2. The molecule has 5 nitrogen and oxygen atoms in total. The van der Waals surface area contributed by atoms with E-state index in [0.29, 0.717) is 19.4 Å². The molecule has 0 aliphatic carbocycles. The summed E-state index contributed by atoms with van der Waals surface area (Å²) in [4.78, 5) is 12.5. The molecule has 1 fully saturated rings. The highest BCUT2D eigenvalue weighted by atomic mass is 35.5. The number of nitrogens with zero attached hydrogens (tertiary/aromatic N) is 1. The van der Waals surface area contributed by atoms with E-state index in [4.69, 9.17) is 23.2 Å². The lowest BCUT2D eigenvalue weighted by Crippen LogP contribution is -2.42. The summed E-state index contributed by atoms with van der Waals surface area (Å²) in [6.45, 7) is 3.06. The minimum Gasteiger partial charge on any atom is -0.352 e. The number of nitrogens with one attached hydrogen (secondary N) is 1. The minimum absolute atomic E-state index is 0.0385. The normalized spacial score (nSPS) is 16.1. The molecule has 28 heavy (non-hydrogen) atoms. The van der Waals surface area contributed by atoms with Crippen LogP contribution in [0, 0.1) is 12.8 Å². The molecule has 0 unspecified atom stereocenters. The number of sulfonamides is 1. The standard InChI is InChI=1S/C20H22Cl2N2O3S/c1-14-2-4-15(5-3-14)13-23-20(25)16-6-8-24(9-7-16)28(26,27)19-11-17(21)10-18(22)12-19/h2-5,10-12,16H,6-9,13H2,1H3,(H,23,25). The number of amides is 1. The van der Waals surface area contributed by atoms with Crippen LogP contribution in [0.4, 0.5) is 0 Å². The molecular formula is C20H22Cl2N2O3S. The van der Waals surface area contributed by atoms with Crippen LogP contribution < -0.4 is 5.32 Å². The van der Waals surface area contributed by atoms with E-state index in [1.807, 2.05) is 31.2 Å². The summed E-state index contributed by atoms with van der Waals surface area (Å²) < 4.78 is 27.0. The van der Waals surface area contributed by atoms with Gasteiger partial charge in [-0.2, -0.15) is 4.31 Å². The Morgan fingerprint density at radius 2 is 1.64 bits per heavy atom. The Hall–Kier alpha value is -1.60. The van der Waals surface area contributed by atoms with Crippen LogP contribution in [0.3, 0.4) is 0 Å². The zero-order chi connectivity index (χ0) is 20.3. The molecule has 0 aromatic heterocycles. The molecule has 2 aromatic rings. The van der Waals surface area contributed by atoms with E-state index in [1.165, 1.54) is 28.1 Å². The Morgan fingerprint density at radius 3 is 2.21 bits per heavy atom. The fourth-order valence-corrected chi connectivity index (χ4v) is 5.42. The second kappa shape index (κ2) is 8.82. The van der Waals surface area contributed by atoms with Crippen LogP contribution >= 0.6 is 23.2 Å². The molecule has 1 aliphatic heterocycles. The molecule has 0 spiro atoms. The van der Waals surface area contributed by atoms with Crippen molar-refractivity contribution in [3.63, 3.8) is 0 Å². The van der Waals surface area contributed by atoms with E-state index in [0.717, 1.165) is 5.56 Å². The molecule has 1 saturated heterocycles. The molecule has 2 aromatic carbocycles. The van der Waals surface area contributed by atoms with Gasteiger partial charge in [0.15, 0.2) is 0 Å². The van der Waals surface area contributed by atoms with Crippen molar-refractivity contribution in [3.8, 4) is 0 Å². The molecule has 1 amide bonds. The molecule has 0 bridgehead atoms. The zero-order valence-corrected chi connectivity index (χ0v) is 17.8. The van der Waals surface area contributed by atoms with E-state index in [-0.39, 0.29) is 39.9 Å². The van der Waals surface area contributed by atoms with Gasteiger partial charge in [-0.25, -0.2) is 8.42 Å². The minimum atomic E-state index is -3.68. The Balaban J connectivity index is 1.57. The molecule has 150 valence electrons. The first kappa shape index (κ1) is 21.1. The Kier molecular flexibility index (Phi) is 6.65. The van der Waals surface area contributed by atoms with E-state index >= 15 is 0 Å². The number of benzene rings is 2. The van der Waals surface area contributed by atoms with Gasteiger partial charge in [-0.3, -0.25) is 4.79 Å². The fourth-order valence-electron chi connectivity index (χ4n) is 3.22. The van der Waals surface area contributed by atoms with Crippen LogP contribution in [0.25, 0.3) is 0 Å². The van der Waals surface area contributed by atoms with Crippen molar-refractivity contribution in [3.05, 3.63) is 63.6 Å². The van der Waals surface area contributed by atoms with Gasteiger partial charge < -0.3 is 5.32 Å². The average Bonchev–Trinajstić information content (AvgIpc) is 2.66. The molecule has 0 atom stereocenters. The fraction of sp³-hybridized carbons (Fsp3) is 0.350. The van der Waals surface area contributed by atoms with E-state index in [1.54, 1.807) is 0 Å². The topological polar surface area (TPSA) is 66.5 Å². The Morgan fingerprint density at radius 1 is 1.07 bits per heavy atom. The number of carbonyl (C=O) groups is 1. The predicted octanol–water partition coefficient (Wildman–Crippen LogP) is 4.02. The van der Waals surface area contributed by atoms with Gasteiger partial charge in [-0.15, -0.1) is 0 Å². The van der Waals surface area contributed by atoms with Crippen molar-refractivity contribution in [1.82, 2.24) is 9.62 Å². The predicted molar refractivity (Wildman–Crippen MR) is 111 cm³/mol. The summed E-state index contributed by atoms with van der Waals surface area (Å²) in [7, 11) is -3.68. The summed E-state index contributed by atoms with van der Waals surface area (Å²) in [5.41, 5.74) is 2.21. The molecule has 1 N–H and O–H groups in total. The maximum Gasteiger partial charge on any atom is 0.243 e. The third kappa shape index (κ3) is 5.06. The van der Waals surface area contributed by atoms with Gasteiger partial charge in [0.2, 0.25) is 15.9 Å². The molecule has 0 radical (unpaired) electrons. The summed E-state index contributed by atoms with van der Waals surface area (Å²) in [5.74, 6) is -0.233. The Bertz CT molecular complexity index is 934. The maximum absolute atomic E-state index is 12.8. The van der Waals surface area contributed by atoms with Gasteiger partial charge in [-0.1, -0.05) is 53.0 Å². The number of piperidine rings is 1. The number of carbonyl (C=O) groups excluding carboxylic acids is 1. The van der Waals surface area contributed by atoms with Crippen molar-refractivity contribution in [2.24, 2.45) is 5.92 Å². The summed E-state index contributed by atoms with van der Waals surface area (Å²) >= 11 is 11.9. The number of rotatable bonds is 5. The molecule has 1 heterocycles. The molecule has 8 heteroatoms. The van der Waals surface area contributed by atoms with Crippen LogP contribution in [0.15, 0.2) is 47.4 Å². The zero-order valence-electron chi connectivity index (χ0n) is 15.5. The van der Waals surface area contributed by atoms with E-state index in [2.05, 4.69) is 5.32 Å². The van der Waals surface area contributed by atoms with Crippen LogP contribution in [0.5, 0.6) is 0 Å². The highest BCUT2D eigenvalue weighted by Crippen LogP contribution is 2.28. The molecule has 0 saturated carbocycles. The first-order chi connectivity index (χ1) is 13.3. The van der Waals surface area contributed by atoms with E-state index < -0.39 is 10.0 Å². The summed E-state index contributed by atoms with van der Waals surface area (Å²) in [6, 6.07) is 12.3. The lowest BCUT2D eigenvalue weighted by molar-refractivity contribution is -0.126. The van der Waals surface area contributed by atoms with Gasteiger partial charge in [0.25, 0.3) is 0 Å². The smallest absolute Gasteiger partial charge is 0.243 e. The lowest BCUT2D eigenvalue weighted by Gasteiger charge is -2.30. The van der Waals surface area contributed by atoms with E-state index in [9.17, 15) is 13.2 Å². The lowest BCUT2D eigenvalue weighted by atomic mass is 9.97. The molecular weight excluding hydrogens is 419 g/mol. The second-order valence-electron chi connectivity index (χ2n) is 6.99. The van der Waals surface area contributed by atoms with Crippen molar-refractivity contribution in [1.29, 1.82) is 0 Å². The van der Waals surface area contributed by atoms with Crippen molar-refractivity contribution in [2.45, 2.75) is 31.2 Å². The Labute approximate surface area is 175 Å². The first-order valence-corrected chi connectivity index (χ1v) is 11.2. The molecule has 3 rings (SSSR count). The quantitative estimate of drug-likeness (QED) is 0.762. The molecule has 1 aliphatic rings. The highest BCUT2D eigenvalue weighted by molar-refractivity contribution is 7.89. The van der Waals surface area contributed by atoms with Crippen molar-refractivity contribution < 1.29 is 13.2 Å². The van der Waals surface area contributed by atoms with Gasteiger partial charge in [0.1, 0.15) is 0 Å². The number of hydrogen-bond acceptors (Lipinski definition) is 3. The summed E-state index contributed by atoms with van der Waals surface area (Å²) in [6.07, 6.45) is 0.959. The van der Waals surface area contributed by atoms with Crippen LogP contribution in [0.1, 0.15) is 24.0 Å². The first-order valence-electron chi connectivity index (χ1n) is 9.05. The van der Waals surface area contributed by atoms with Crippen LogP contribution in [-0.2, 0) is 21.4 Å². The van der Waals surface area contributed by atoms with Crippen molar-refractivity contribution >= 4 is 39.1 Å². The van der Waals surface area contributed by atoms with Gasteiger partial charge in [-0.05, 0) is 43.5 Å². The second-order valence-corrected chi connectivity index (χ2v) is 9.80. The van der Waals surface area contributed by atoms with Gasteiger partial charge in [0.05, 0.1) is 4.90 Å². The summed E-state index contributed by atoms with van der Waals surface area (Å²) in [5, 5.41) is 3.50. The number of aryl methyl sites for hydroxylation is 1. The third-order valence-electron chi connectivity index (χ3n) is 4.89. The van der Waals surface area contributed by atoms with Gasteiger partial charge in [0, 0.05) is 35.6 Å². The third-order valence-corrected chi connectivity index (χ3v) is 7.20. The van der Waals surface area contributed by atoms with Crippen LogP contribution in [-0.4, -0.2) is 31.7 Å². The maximum atomic E-state index is 12.8. The van der Waals surface area contributed by atoms with Crippen LogP contribution in [0.2, 0.25) is 10.0 Å². The highest BCUT2D eigenvalue weighted by Gasteiger charge is 2.32. The largest absolute Gasteiger partial charge is 0.352 e.